The number of rotatable bonds is 4. The number of thiazole rings is 1. The molecule has 1 heterocycles. The Kier molecular flexibility index (Phi) is 2.88. The van der Waals surface area contributed by atoms with Gasteiger partial charge in [0.2, 0.25) is 0 Å². The summed E-state index contributed by atoms with van der Waals surface area (Å²) in [6, 6.07) is 0. The van der Waals surface area contributed by atoms with Gasteiger partial charge >= 0.3 is 0 Å². The van der Waals surface area contributed by atoms with Gasteiger partial charge in [-0.3, -0.25) is 0 Å². The van der Waals surface area contributed by atoms with Crippen LogP contribution >= 0.6 is 11.3 Å². The topological polar surface area (TPSA) is 33.1 Å². The zero-order valence-corrected chi connectivity index (χ0v) is 9.55. The molecule has 2 atom stereocenters. The van der Waals surface area contributed by atoms with Crippen molar-refractivity contribution in [3.05, 3.63) is 16.1 Å². The summed E-state index contributed by atoms with van der Waals surface area (Å²) in [5, 5.41) is 13.1. The zero-order chi connectivity index (χ0) is 10.1. The molecule has 0 saturated heterocycles. The van der Waals surface area contributed by atoms with Gasteiger partial charge < -0.3 is 5.11 Å². The lowest BCUT2D eigenvalue weighted by Crippen LogP contribution is -2.22. The second-order valence-electron chi connectivity index (χ2n) is 4.33. The van der Waals surface area contributed by atoms with Gasteiger partial charge in [0.05, 0.1) is 16.8 Å². The first-order valence-electron chi connectivity index (χ1n) is 5.26. The summed E-state index contributed by atoms with van der Waals surface area (Å²) in [6.45, 7) is 4.16. The van der Waals surface area contributed by atoms with Crippen molar-refractivity contribution >= 4 is 11.3 Å². The first kappa shape index (κ1) is 10.1. The SMILES string of the molecule is Cc1nc(CC(O)C(C)C2CC2)cs1. The lowest BCUT2D eigenvalue weighted by Gasteiger charge is -2.16. The Morgan fingerprint density at radius 1 is 1.64 bits per heavy atom. The van der Waals surface area contributed by atoms with E-state index in [1.165, 1.54) is 12.8 Å². The van der Waals surface area contributed by atoms with Crippen LogP contribution in [0.25, 0.3) is 0 Å². The Morgan fingerprint density at radius 3 is 2.86 bits per heavy atom. The minimum atomic E-state index is -0.205. The highest BCUT2D eigenvalue weighted by molar-refractivity contribution is 7.09. The number of aliphatic hydroxyl groups excluding tert-OH is 1. The maximum atomic E-state index is 9.96. The van der Waals surface area contributed by atoms with Gasteiger partial charge in [-0.1, -0.05) is 6.92 Å². The van der Waals surface area contributed by atoms with Crippen LogP contribution in [0.2, 0.25) is 0 Å². The predicted molar refractivity (Wildman–Crippen MR) is 58.4 cm³/mol. The molecular formula is C11H17NOS. The molecule has 1 N–H and O–H groups in total. The Labute approximate surface area is 89.0 Å². The number of hydrogen-bond donors (Lipinski definition) is 1. The molecule has 14 heavy (non-hydrogen) atoms. The summed E-state index contributed by atoms with van der Waals surface area (Å²) in [4.78, 5) is 4.37. The van der Waals surface area contributed by atoms with Crippen LogP contribution in [-0.2, 0) is 6.42 Å². The monoisotopic (exact) mass is 211 g/mol. The number of aryl methyl sites for hydroxylation is 1. The van der Waals surface area contributed by atoms with E-state index in [1.54, 1.807) is 11.3 Å². The van der Waals surface area contributed by atoms with E-state index in [4.69, 9.17) is 0 Å². The van der Waals surface area contributed by atoms with Gasteiger partial charge in [-0.2, -0.15) is 0 Å². The maximum Gasteiger partial charge on any atom is 0.0897 e. The molecule has 0 bridgehead atoms. The number of nitrogens with zero attached hydrogens (tertiary/aromatic N) is 1. The molecule has 1 aromatic heterocycles. The van der Waals surface area contributed by atoms with Crippen LogP contribution in [0.3, 0.4) is 0 Å². The summed E-state index contributed by atoms with van der Waals surface area (Å²) in [7, 11) is 0. The van der Waals surface area contributed by atoms with Gasteiger partial charge in [-0.05, 0) is 31.6 Å². The van der Waals surface area contributed by atoms with Gasteiger partial charge in [0.25, 0.3) is 0 Å². The van der Waals surface area contributed by atoms with Gasteiger partial charge in [0.1, 0.15) is 0 Å². The second-order valence-corrected chi connectivity index (χ2v) is 5.39. The average molecular weight is 211 g/mol. The maximum absolute atomic E-state index is 9.96. The zero-order valence-electron chi connectivity index (χ0n) is 8.73. The highest BCUT2D eigenvalue weighted by atomic mass is 32.1. The molecule has 0 radical (unpaired) electrons. The van der Waals surface area contributed by atoms with E-state index in [0.717, 1.165) is 23.0 Å². The number of hydrogen-bond acceptors (Lipinski definition) is 3. The van der Waals surface area contributed by atoms with E-state index in [2.05, 4.69) is 17.3 Å². The molecule has 0 aromatic carbocycles. The molecule has 1 saturated carbocycles. The third-order valence-corrected chi connectivity index (χ3v) is 3.88. The Balaban J connectivity index is 1.89. The highest BCUT2D eigenvalue weighted by Gasteiger charge is 2.32. The van der Waals surface area contributed by atoms with Crippen molar-refractivity contribution in [2.45, 2.75) is 39.2 Å². The minimum Gasteiger partial charge on any atom is -0.392 e. The van der Waals surface area contributed by atoms with Crippen molar-refractivity contribution in [2.24, 2.45) is 11.8 Å². The lowest BCUT2D eigenvalue weighted by molar-refractivity contribution is 0.104. The molecule has 1 fully saturated rings. The van der Waals surface area contributed by atoms with Crippen molar-refractivity contribution in [2.75, 3.05) is 0 Å². The van der Waals surface area contributed by atoms with E-state index >= 15 is 0 Å². The van der Waals surface area contributed by atoms with Crippen molar-refractivity contribution in [3.63, 3.8) is 0 Å². The smallest absolute Gasteiger partial charge is 0.0897 e. The van der Waals surface area contributed by atoms with Gasteiger partial charge in [-0.25, -0.2) is 4.98 Å². The normalized spacial score (nSPS) is 20.8. The van der Waals surface area contributed by atoms with Gasteiger partial charge in [-0.15, -0.1) is 11.3 Å². The van der Waals surface area contributed by atoms with Crippen LogP contribution in [0.4, 0.5) is 0 Å². The van der Waals surface area contributed by atoms with Crippen LogP contribution < -0.4 is 0 Å². The molecule has 0 amide bonds. The Bertz CT molecular complexity index is 306. The van der Waals surface area contributed by atoms with E-state index in [-0.39, 0.29) is 6.10 Å². The van der Waals surface area contributed by atoms with Crippen molar-refractivity contribution in [1.29, 1.82) is 0 Å². The van der Waals surface area contributed by atoms with E-state index in [0.29, 0.717) is 5.92 Å². The molecule has 0 aliphatic heterocycles. The summed E-state index contributed by atoms with van der Waals surface area (Å²) < 4.78 is 0. The molecule has 2 rings (SSSR count). The number of aliphatic hydroxyl groups is 1. The Morgan fingerprint density at radius 2 is 2.36 bits per heavy atom. The van der Waals surface area contributed by atoms with Crippen molar-refractivity contribution in [1.82, 2.24) is 4.98 Å². The summed E-state index contributed by atoms with van der Waals surface area (Å²) in [5.74, 6) is 1.21. The summed E-state index contributed by atoms with van der Waals surface area (Å²) >= 11 is 1.66. The standard InChI is InChI=1S/C11H17NOS/c1-7(9-3-4-9)11(13)5-10-6-14-8(2)12-10/h6-7,9,11,13H,3-5H2,1-2H3. The van der Waals surface area contributed by atoms with Crippen LogP contribution in [-0.4, -0.2) is 16.2 Å². The van der Waals surface area contributed by atoms with Crippen LogP contribution in [0.15, 0.2) is 5.38 Å². The molecule has 1 aliphatic carbocycles. The average Bonchev–Trinajstić information content (AvgIpc) is 2.91. The highest BCUT2D eigenvalue weighted by Crippen LogP contribution is 2.38. The largest absolute Gasteiger partial charge is 0.392 e. The molecule has 1 aromatic rings. The van der Waals surface area contributed by atoms with E-state index in [1.807, 2.05) is 6.92 Å². The first-order valence-corrected chi connectivity index (χ1v) is 6.14. The first-order chi connectivity index (χ1) is 6.66. The lowest BCUT2D eigenvalue weighted by atomic mass is 9.96. The van der Waals surface area contributed by atoms with Crippen LogP contribution in [0, 0.1) is 18.8 Å². The molecular weight excluding hydrogens is 194 g/mol. The van der Waals surface area contributed by atoms with E-state index < -0.39 is 0 Å². The van der Waals surface area contributed by atoms with E-state index in [9.17, 15) is 5.11 Å². The fraction of sp³-hybridized carbons (Fsp3) is 0.727. The molecule has 78 valence electrons. The second kappa shape index (κ2) is 3.99. The third kappa shape index (κ3) is 2.34. The van der Waals surface area contributed by atoms with Gasteiger partial charge in [0.15, 0.2) is 0 Å². The Hall–Kier alpha value is -0.410. The minimum absolute atomic E-state index is 0.205. The van der Waals surface area contributed by atoms with Crippen molar-refractivity contribution in [3.8, 4) is 0 Å². The summed E-state index contributed by atoms with van der Waals surface area (Å²) in [5.41, 5.74) is 1.05. The predicted octanol–water partition coefficient (Wildman–Crippen LogP) is 2.40. The quantitative estimate of drug-likeness (QED) is 0.829. The molecule has 2 nitrogen and oxygen atoms in total. The fourth-order valence-corrected chi connectivity index (χ4v) is 2.46. The third-order valence-electron chi connectivity index (χ3n) is 3.06. The van der Waals surface area contributed by atoms with Crippen molar-refractivity contribution < 1.29 is 5.11 Å². The number of aromatic nitrogens is 1. The summed E-state index contributed by atoms with van der Waals surface area (Å²) in [6.07, 6.45) is 3.12. The molecule has 3 heteroatoms. The molecule has 0 spiro atoms. The molecule has 1 aliphatic rings. The van der Waals surface area contributed by atoms with Crippen LogP contribution in [0.5, 0.6) is 0 Å². The molecule has 2 unspecified atom stereocenters. The van der Waals surface area contributed by atoms with Crippen LogP contribution in [0.1, 0.15) is 30.5 Å². The fourth-order valence-electron chi connectivity index (χ4n) is 1.84. The van der Waals surface area contributed by atoms with Gasteiger partial charge in [0, 0.05) is 11.8 Å².